The number of carbonyl (C=O) groups excluding carboxylic acids is 1. The summed E-state index contributed by atoms with van der Waals surface area (Å²) < 4.78 is 16.6. The van der Waals surface area contributed by atoms with Crippen molar-refractivity contribution in [1.82, 2.24) is 19.4 Å². The lowest BCUT2D eigenvalue weighted by molar-refractivity contribution is -0.126. The van der Waals surface area contributed by atoms with Gasteiger partial charge in [0.25, 0.3) is 0 Å². The average Bonchev–Trinajstić information content (AvgIpc) is 2.92. The number of halogens is 1. The molecule has 10 heteroatoms. The summed E-state index contributed by atoms with van der Waals surface area (Å²) >= 11 is 0. The van der Waals surface area contributed by atoms with E-state index < -0.39 is 11.5 Å². The molecule has 9 nitrogen and oxygen atoms in total. The largest absolute Gasteiger partial charge is 0.506 e. The van der Waals surface area contributed by atoms with Crippen LogP contribution in [0.1, 0.15) is 49.2 Å². The second kappa shape index (κ2) is 10.7. The van der Waals surface area contributed by atoms with Gasteiger partial charge in [-0.25, -0.2) is 9.18 Å². The molecule has 1 fully saturated rings. The van der Waals surface area contributed by atoms with Crippen molar-refractivity contribution in [2.24, 2.45) is 0 Å². The summed E-state index contributed by atoms with van der Waals surface area (Å²) in [4.78, 5) is 41.1. The predicted molar refractivity (Wildman–Crippen MR) is 153 cm³/mol. The van der Waals surface area contributed by atoms with Crippen LogP contribution in [-0.2, 0) is 17.8 Å². The summed E-state index contributed by atoms with van der Waals surface area (Å²) in [7, 11) is 0. The summed E-state index contributed by atoms with van der Waals surface area (Å²) in [6.45, 7) is 13.7. The third kappa shape index (κ3) is 4.71. The average molecular weight is 547 g/mol. The minimum absolute atomic E-state index is 0.0444. The molecular weight excluding hydrogens is 511 g/mol. The van der Waals surface area contributed by atoms with Gasteiger partial charge in [0.15, 0.2) is 0 Å². The number of aromatic nitrogens is 3. The lowest BCUT2D eigenvalue weighted by Crippen LogP contribution is -2.54. The maximum absolute atomic E-state index is 15.0. The number of anilines is 2. The number of hydrogen-bond acceptors (Lipinski definition) is 7. The van der Waals surface area contributed by atoms with E-state index in [-0.39, 0.29) is 35.8 Å². The summed E-state index contributed by atoms with van der Waals surface area (Å²) in [5.74, 6) is -0.152. The molecule has 2 aliphatic heterocycles. The predicted octanol–water partition coefficient (Wildman–Crippen LogP) is 3.69. The minimum Gasteiger partial charge on any atom is -0.506 e. The Kier molecular flexibility index (Phi) is 7.35. The molecule has 2 aliphatic rings. The van der Waals surface area contributed by atoms with Gasteiger partial charge in [0.05, 0.1) is 23.6 Å². The number of pyridine rings is 1. The molecule has 5 rings (SSSR count). The monoisotopic (exact) mass is 546 g/mol. The maximum Gasteiger partial charge on any atom is 0.354 e. The lowest BCUT2D eigenvalue weighted by Gasteiger charge is -2.42. The van der Waals surface area contributed by atoms with Crippen molar-refractivity contribution in [3.8, 4) is 11.4 Å². The molecule has 1 atom stereocenters. The highest BCUT2D eigenvalue weighted by Gasteiger charge is 2.34. The molecule has 40 heavy (non-hydrogen) atoms. The number of fused-ring (bicyclic) bond motifs is 1. The molecular formula is C30H35FN6O3. The molecule has 0 unspecified atom stereocenters. The normalized spacial score (nSPS) is 17.2. The maximum atomic E-state index is 15.0. The number of nitrogens with zero attached hydrogens (tertiary/aromatic N) is 6. The number of carbonyl (C=O) groups is 1. The number of para-hydroxylation sites is 1. The van der Waals surface area contributed by atoms with Gasteiger partial charge in [0.1, 0.15) is 23.1 Å². The fourth-order valence-electron chi connectivity index (χ4n) is 5.88. The lowest BCUT2D eigenvalue weighted by atomic mass is 10.00. The smallest absolute Gasteiger partial charge is 0.354 e. The zero-order valence-corrected chi connectivity index (χ0v) is 23.4. The summed E-state index contributed by atoms with van der Waals surface area (Å²) in [5.41, 5.74) is 3.61. The van der Waals surface area contributed by atoms with Crippen LogP contribution in [0.4, 0.5) is 15.9 Å². The second-order valence-electron chi connectivity index (χ2n) is 10.8. The molecule has 210 valence electrons. The Morgan fingerprint density at radius 2 is 1.98 bits per heavy atom. The van der Waals surface area contributed by atoms with Crippen molar-refractivity contribution in [3.63, 3.8) is 0 Å². The van der Waals surface area contributed by atoms with Crippen LogP contribution in [-0.4, -0.2) is 62.7 Å². The minimum atomic E-state index is -0.524. The zero-order valence-electron chi connectivity index (χ0n) is 23.4. The first-order chi connectivity index (χ1) is 19.1. The van der Waals surface area contributed by atoms with Gasteiger partial charge in [-0.1, -0.05) is 26.5 Å². The fraction of sp³-hybridized carbons (Fsp3) is 0.400. The second-order valence-corrected chi connectivity index (χ2v) is 10.8. The third-order valence-electron chi connectivity index (χ3n) is 7.85. The summed E-state index contributed by atoms with van der Waals surface area (Å²) in [6.07, 6.45) is 3.54. The van der Waals surface area contributed by atoms with Crippen LogP contribution >= 0.6 is 0 Å². The fourth-order valence-corrected chi connectivity index (χ4v) is 5.88. The van der Waals surface area contributed by atoms with Crippen LogP contribution in [0.15, 0.2) is 47.9 Å². The van der Waals surface area contributed by atoms with E-state index in [4.69, 9.17) is 0 Å². The van der Waals surface area contributed by atoms with Crippen molar-refractivity contribution in [2.75, 3.05) is 36.0 Å². The first-order valence-corrected chi connectivity index (χ1v) is 13.6. The molecule has 3 aromatic rings. The van der Waals surface area contributed by atoms with Crippen LogP contribution in [0.3, 0.4) is 0 Å². The molecule has 0 saturated carbocycles. The van der Waals surface area contributed by atoms with Gasteiger partial charge < -0.3 is 19.8 Å². The number of phenolic OH excluding ortho intramolecular Hbond substituents is 1. The van der Waals surface area contributed by atoms with Gasteiger partial charge in [-0.2, -0.15) is 4.98 Å². The first kappa shape index (κ1) is 27.4. The van der Waals surface area contributed by atoms with Crippen LogP contribution in [0, 0.1) is 12.7 Å². The number of piperazine rings is 1. The van der Waals surface area contributed by atoms with Gasteiger partial charge in [0, 0.05) is 44.0 Å². The number of benzene rings is 1. The van der Waals surface area contributed by atoms with Gasteiger partial charge in [0.2, 0.25) is 5.91 Å². The number of aryl methyl sites for hydroxylation is 1. The molecule has 0 spiro atoms. The van der Waals surface area contributed by atoms with E-state index in [1.54, 1.807) is 20.6 Å². The zero-order chi connectivity index (χ0) is 28.7. The van der Waals surface area contributed by atoms with Crippen LogP contribution in [0.25, 0.3) is 5.69 Å². The Morgan fingerprint density at radius 1 is 1.20 bits per heavy atom. The first-order valence-electron chi connectivity index (χ1n) is 13.6. The number of hydrogen-bond donors (Lipinski definition) is 1. The van der Waals surface area contributed by atoms with E-state index in [9.17, 15) is 19.1 Å². The Labute approximate surface area is 233 Å². The standard InChI is InChI=1S/C30H35FN6O3/c1-6-25(39)34-14-15-36(20(5)16-34)29-21-11-13-35(28-22(31)8-7-9-24(28)38)17-23(21)37(30(40)33-29)27-19(4)10-12-32-26(27)18(2)3/h6-10,12,18,20,38H,1,11,13-17H2,2-5H3/t20-/m0/s1. The van der Waals surface area contributed by atoms with Crippen LogP contribution < -0.4 is 15.5 Å². The van der Waals surface area contributed by atoms with Crippen LogP contribution in [0.5, 0.6) is 5.75 Å². The number of rotatable bonds is 5. The highest BCUT2D eigenvalue weighted by molar-refractivity contribution is 5.87. The van der Waals surface area contributed by atoms with Crippen LogP contribution in [0.2, 0.25) is 0 Å². The highest BCUT2D eigenvalue weighted by atomic mass is 19.1. The molecule has 1 amide bonds. The Balaban J connectivity index is 1.69. The number of aromatic hydroxyl groups is 1. The van der Waals surface area contributed by atoms with Crippen molar-refractivity contribution in [1.29, 1.82) is 0 Å². The van der Waals surface area contributed by atoms with Crippen molar-refractivity contribution in [2.45, 2.75) is 52.6 Å². The SMILES string of the molecule is C=CC(=O)N1CCN(c2nc(=O)n(-c3c(C)ccnc3C(C)C)c3c2CCN(c2c(O)cccc2F)C3)[C@@H](C)C1. The molecule has 1 saturated heterocycles. The van der Waals surface area contributed by atoms with Gasteiger partial charge in [-0.3, -0.25) is 14.3 Å². The summed E-state index contributed by atoms with van der Waals surface area (Å²) in [5, 5.41) is 10.6. The molecule has 1 N–H and O–H groups in total. The van der Waals surface area contributed by atoms with E-state index in [1.165, 1.54) is 24.3 Å². The Bertz CT molecular complexity index is 1510. The number of amides is 1. The van der Waals surface area contributed by atoms with Crippen molar-refractivity contribution in [3.05, 3.63) is 81.9 Å². The van der Waals surface area contributed by atoms with Gasteiger partial charge in [-0.05, 0) is 56.0 Å². The van der Waals surface area contributed by atoms with Gasteiger partial charge in [-0.15, -0.1) is 0 Å². The molecule has 4 heterocycles. The molecule has 0 bridgehead atoms. The molecule has 0 aliphatic carbocycles. The Morgan fingerprint density at radius 3 is 2.65 bits per heavy atom. The molecule has 1 aromatic carbocycles. The van der Waals surface area contributed by atoms with E-state index in [0.717, 1.165) is 16.8 Å². The quantitative estimate of drug-likeness (QED) is 0.488. The van der Waals surface area contributed by atoms with E-state index in [2.05, 4.69) is 21.4 Å². The Hall–Kier alpha value is -4.21. The van der Waals surface area contributed by atoms with Crippen molar-refractivity contribution >= 4 is 17.4 Å². The van der Waals surface area contributed by atoms with E-state index in [1.807, 2.05) is 33.8 Å². The molecule has 0 radical (unpaired) electrons. The third-order valence-corrected chi connectivity index (χ3v) is 7.85. The highest BCUT2D eigenvalue weighted by Crippen LogP contribution is 2.37. The van der Waals surface area contributed by atoms with Gasteiger partial charge >= 0.3 is 5.69 Å². The number of phenols is 1. The molecule has 2 aromatic heterocycles. The topological polar surface area (TPSA) is 94.8 Å². The summed E-state index contributed by atoms with van der Waals surface area (Å²) in [6, 6.07) is 6.05. The van der Waals surface area contributed by atoms with E-state index in [0.29, 0.717) is 49.8 Å². The van der Waals surface area contributed by atoms with E-state index >= 15 is 0 Å². The van der Waals surface area contributed by atoms with Crippen molar-refractivity contribution < 1.29 is 14.3 Å².